The van der Waals surface area contributed by atoms with E-state index in [1.165, 1.54) is 38.5 Å². The Morgan fingerprint density at radius 3 is 2.27 bits per heavy atom. The smallest absolute Gasteiger partial charge is 0.235 e. The van der Waals surface area contributed by atoms with Crippen LogP contribution in [0.2, 0.25) is 0 Å². The summed E-state index contributed by atoms with van der Waals surface area (Å²) in [4.78, 5) is 25.6. The van der Waals surface area contributed by atoms with Crippen LogP contribution in [0, 0.1) is 30.1 Å². The molecule has 0 aliphatic heterocycles. The van der Waals surface area contributed by atoms with E-state index in [4.69, 9.17) is 0 Å². The minimum absolute atomic E-state index is 0.113. The second-order valence-corrected chi connectivity index (χ2v) is 8.76. The van der Waals surface area contributed by atoms with Gasteiger partial charge in [-0.25, -0.2) is 15.0 Å². The van der Waals surface area contributed by atoms with Crippen LogP contribution in [0.3, 0.4) is 0 Å². The molecule has 6 nitrogen and oxygen atoms in total. The Balaban J connectivity index is 1.25. The van der Waals surface area contributed by atoms with Gasteiger partial charge in [-0.15, -0.1) is 0 Å². The fourth-order valence-electron chi connectivity index (χ4n) is 6.15. The van der Waals surface area contributed by atoms with E-state index in [9.17, 15) is 4.79 Å². The van der Waals surface area contributed by atoms with Crippen molar-refractivity contribution in [1.29, 1.82) is 0 Å². The first kappa shape index (κ1) is 16.0. The molecule has 0 spiro atoms. The zero-order valence-electron chi connectivity index (χ0n) is 15.2. The van der Waals surface area contributed by atoms with E-state index in [-0.39, 0.29) is 11.3 Å². The van der Waals surface area contributed by atoms with Gasteiger partial charge in [0, 0.05) is 18.8 Å². The predicted octanol–water partition coefficient (Wildman–Crippen LogP) is 3.52. The quantitative estimate of drug-likeness (QED) is 0.915. The highest BCUT2D eigenvalue weighted by atomic mass is 16.1. The first-order chi connectivity index (χ1) is 12.6. The first-order valence-electron chi connectivity index (χ1n) is 9.71. The topological polar surface area (TPSA) is 72.7 Å². The third-order valence-corrected chi connectivity index (χ3v) is 6.66. The van der Waals surface area contributed by atoms with E-state index in [2.05, 4.69) is 20.3 Å². The van der Waals surface area contributed by atoms with E-state index in [0.717, 1.165) is 23.6 Å². The number of aromatic nitrogens is 4. The van der Waals surface area contributed by atoms with Crippen LogP contribution < -0.4 is 5.32 Å². The molecule has 4 bridgehead atoms. The number of nitrogens with zero attached hydrogens (tertiary/aromatic N) is 4. The van der Waals surface area contributed by atoms with Gasteiger partial charge in [-0.05, 0) is 68.6 Å². The maximum Gasteiger partial charge on any atom is 0.235 e. The lowest BCUT2D eigenvalue weighted by atomic mass is 9.49. The van der Waals surface area contributed by atoms with Crippen molar-refractivity contribution in [1.82, 2.24) is 19.5 Å². The fourth-order valence-corrected chi connectivity index (χ4v) is 6.15. The van der Waals surface area contributed by atoms with E-state index >= 15 is 0 Å². The molecule has 0 atom stereocenters. The van der Waals surface area contributed by atoms with Crippen LogP contribution in [0.15, 0.2) is 24.8 Å². The summed E-state index contributed by atoms with van der Waals surface area (Å²) in [5.41, 5.74) is 0.925. The molecule has 0 radical (unpaired) electrons. The molecule has 6 heteroatoms. The van der Waals surface area contributed by atoms with Crippen molar-refractivity contribution in [2.75, 3.05) is 5.32 Å². The summed E-state index contributed by atoms with van der Waals surface area (Å²) in [6, 6.07) is 0. The van der Waals surface area contributed by atoms with Crippen LogP contribution >= 0.6 is 0 Å². The van der Waals surface area contributed by atoms with Crippen molar-refractivity contribution < 1.29 is 4.79 Å². The number of hydrogen-bond donors (Lipinski definition) is 1. The molecule has 1 amide bonds. The molecule has 0 saturated heterocycles. The number of carbonyl (C=O) groups excluding carboxylic acids is 1. The summed E-state index contributed by atoms with van der Waals surface area (Å²) < 4.78 is 1.82. The van der Waals surface area contributed by atoms with Crippen LogP contribution in [-0.4, -0.2) is 25.4 Å². The lowest BCUT2D eigenvalue weighted by Gasteiger charge is -2.56. The van der Waals surface area contributed by atoms with Gasteiger partial charge in [0.15, 0.2) is 0 Å². The van der Waals surface area contributed by atoms with Crippen molar-refractivity contribution in [2.45, 2.75) is 51.9 Å². The third-order valence-electron chi connectivity index (χ3n) is 6.66. The highest BCUT2D eigenvalue weighted by Gasteiger charge is 2.51. The van der Waals surface area contributed by atoms with Gasteiger partial charge < -0.3 is 5.32 Å². The molecule has 2 aromatic rings. The van der Waals surface area contributed by atoms with E-state index in [1.54, 1.807) is 18.6 Å². The summed E-state index contributed by atoms with van der Waals surface area (Å²) in [5, 5.41) is 3.02. The van der Waals surface area contributed by atoms with Gasteiger partial charge in [0.05, 0.1) is 18.1 Å². The van der Waals surface area contributed by atoms with Gasteiger partial charge in [-0.3, -0.25) is 9.36 Å². The number of hydrogen-bond acceptors (Lipinski definition) is 4. The van der Waals surface area contributed by atoms with Gasteiger partial charge in [-0.1, -0.05) is 0 Å². The van der Waals surface area contributed by atoms with Crippen LogP contribution in [-0.2, 0) is 4.79 Å². The Bertz CT molecular complexity index is 790. The number of carbonyl (C=O) groups is 1. The lowest BCUT2D eigenvalue weighted by molar-refractivity contribution is -0.124. The number of imidazole rings is 1. The van der Waals surface area contributed by atoms with Crippen LogP contribution in [0.4, 0.5) is 5.69 Å². The number of aryl methyl sites for hydroxylation is 1. The number of anilines is 1. The SMILES string of the molecule is Cc1nccn1-c1ncc(NC(=O)CC23CC4CC(CC(C4)C2)C3)cn1. The molecule has 4 aliphatic rings. The van der Waals surface area contributed by atoms with E-state index in [1.807, 2.05) is 17.7 Å². The molecule has 136 valence electrons. The first-order valence-corrected chi connectivity index (χ1v) is 9.71. The van der Waals surface area contributed by atoms with Gasteiger partial charge in [0.2, 0.25) is 11.9 Å². The largest absolute Gasteiger partial charge is 0.323 e. The van der Waals surface area contributed by atoms with Crippen molar-refractivity contribution in [3.05, 3.63) is 30.6 Å². The second kappa shape index (κ2) is 5.89. The Morgan fingerprint density at radius 2 is 1.73 bits per heavy atom. The Kier molecular flexibility index (Phi) is 3.62. The average Bonchev–Trinajstić information content (AvgIpc) is 2.99. The van der Waals surface area contributed by atoms with Crippen molar-refractivity contribution in [3.8, 4) is 5.95 Å². The van der Waals surface area contributed by atoms with E-state index < -0.39 is 0 Å². The predicted molar refractivity (Wildman–Crippen MR) is 97.7 cm³/mol. The number of amides is 1. The normalized spacial score (nSPS) is 32.0. The molecular formula is C20H25N5O. The molecular weight excluding hydrogens is 326 g/mol. The maximum absolute atomic E-state index is 12.7. The van der Waals surface area contributed by atoms with Crippen LogP contribution in [0.25, 0.3) is 5.95 Å². The average molecular weight is 351 g/mol. The zero-order valence-corrected chi connectivity index (χ0v) is 15.2. The van der Waals surface area contributed by atoms with Crippen LogP contribution in [0.1, 0.15) is 50.8 Å². The highest BCUT2D eigenvalue weighted by Crippen LogP contribution is 2.61. The summed E-state index contributed by atoms with van der Waals surface area (Å²) in [5.74, 6) is 4.13. The van der Waals surface area contributed by atoms with Gasteiger partial charge in [0.25, 0.3) is 0 Å². The molecule has 1 N–H and O–H groups in total. The molecule has 6 rings (SSSR count). The zero-order chi connectivity index (χ0) is 17.7. The maximum atomic E-state index is 12.7. The van der Waals surface area contributed by atoms with Gasteiger partial charge >= 0.3 is 0 Å². The Hall–Kier alpha value is -2.24. The fraction of sp³-hybridized carbons (Fsp3) is 0.600. The minimum Gasteiger partial charge on any atom is -0.323 e. The van der Waals surface area contributed by atoms with Gasteiger partial charge in [-0.2, -0.15) is 0 Å². The summed E-state index contributed by atoms with van der Waals surface area (Å²) in [6.45, 7) is 1.91. The second-order valence-electron chi connectivity index (χ2n) is 8.76. The Morgan fingerprint density at radius 1 is 1.12 bits per heavy atom. The summed E-state index contributed by atoms with van der Waals surface area (Å²) in [7, 11) is 0. The third kappa shape index (κ3) is 2.81. The highest BCUT2D eigenvalue weighted by molar-refractivity contribution is 5.90. The van der Waals surface area contributed by atoms with Crippen molar-refractivity contribution in [2.24, 2.45) is 23.2 Å². The molecule has 26 heavy (non-hydrogen) atoms. The molecule has 0 unspecified atom stereocenters. The molecule has 2 aromatic heterocycles. The summed E-state index contributed by atoms with van der Waals surface area (Å²) in [6.07, 6.45) is 15.5. The molecule has 4 saturated carbocycles. The minimum atomic E-state index is 0.113. The lowest BCUT2D eigenvalue weighted by Crippen LogP contribution is -2.47. The standard InChI is InChI=1S/C20H25N5O/c1-13-21-2-3-25(13)19-22-11-17(12-23-19)24-18(26)10-20-7-14-4-15(8-20)6-16(5-14)9-20/h2-3,11-12,14-16H,4-10H2,1H3,(H,24,26). The molecule has 4 aliphatic carbocycles. The van der Waals surface area contributed by atoms with Crippen molar-refractivity contribution in [3.63, 3.8) is 0 Å². The molecule has 2 heterocycles. The monoisotopic (exact) mass is 351 g/mol. The summed E-state index contributed by atoms with van der Waals surface area (Å²) >= 11 is 0. The van der Waals surface area contributed by atoms with Crippen molar-refractivity contribution >= 4 is 11.6 Å². The molecule has 0 aromatic carbocycles. The van der Waals surface area contributed by atoms with Gasteiger partial charge in [0.1, 0.15) is 5.82 Å². The number of rotatable bonds is 4. The number of nitrogens with one attached hydrogen (secondary N) is 1. The molecule has 4 fully saturated rings. The van der Waals surface area contributed by atoms with Crippen LogP contribution in [0.5, 0.6) is 0 Å². The Labute approximate surface area is 153 Å². The van der Waals surface area contributed by atoms with E-state index in [0.29, 0.717) is 18.1 Å².